The van der Waals surface area contributed by atoms with Gasteiger partial charge in [-0.3, -0.25) is 0 Å². The molecule has 0 bridgehead atoms. The molecule has 0 unspecified atom stereocenters. The van der Waals surface area contributed by atoms with Gasteiger partial charge >= 0.3 is 0 Å². The minimum absolute atomic E-state index is 0.0474. The van der Waals surface area contributed by atoms with Gasteiger partial charge < -0.3 is 0 Å². The summed E-state index contributed by atoms with van der Waals surface area (Å²) in [7, 11) is 0. The smallest absolute Gasteiger partial charge is 0.101 e. The van der Waals surface area contributed by atoms with Crippen LogP contribution in [0.25, 0.3) is 0 Å². The zero-order chi connectivity index (χ0) is 10.6. The van der Waals surface area contributed by atoms with E-state index in [4.69, 9.17) is 46.4 Å². The van der Waals surface area contributed by atoms with Crippen LogP contribution in [0.15, 0.2) is 0 Å². The third-order valence-electron chi connectivity index (χ3n) is 5.03. The highest BCUT2D eigenvalue weighted by Gasteiger charge is 2.86. The minimum Gasteiger partial charge on any atom is -0.101 e. The highest BCUT2D eigenvalue weighted by molar-refractivity contribution is 6.53. The number of alkyl halides is 4. The van der Waals surface area contributed by atoms with Crippen LogP contribution in [0.3, 0.4) is 0 Å². The zero-order valence-corrected chi connectivity index (χ0v) is 11.1. The second-order valence-electron chi connectivity index (χ2n) is 5.59. The quantitative estimate of drug-likeness (QED) is 0.574. The molecule has 3 rings (SSSR count). The SMILES string of the molecule is C[C@]12C[C@H]3C(Cl)(Cl)[C@@]3(C)C[C@@H]1C2(Cl)Cl. The van der Waals surface area contributed by atoms with Gasteiger partial charge in [0.25, 0.3) is 0 Å². The summed E-state index contributed by atoms with van der Waals surface area (Å²) in [5.41, 5.74) is 0.0949. The summed E-state index contributed by atoms with van der Waals surface area (Å²) in [5.74, 6) is 0.748. The molecular formula is C10H12Cl4. The van der Waals surface area contributed by atoms with Gasteiger partial charge in [-0.15, -0.1) is 46.4 Å². The summed E-state index contributed by atoms with van der Waals surface area (Å²) < 4.78 is -1.07. The first-order valence-corrected chi connectivity index (χ1v) is 6.45. The van der Waals surface area contributed by atoms with Gasteiger partial charge in [-0.05, 0) is 12.8 Å². The summed E-state index contributed by atoms with van der Waals surface area (Å²) in [6.07, 6.45) is 1.93. The molecule has 0 aromatic heterocycles. The van der Waals surface area contributed by atoms with E-state index in [-0.39, 0.29) is 10.8 Å². The number of halogens is 4. The normalized spacial score (nSPS) is 61.3. The molecule has 0 aromatic rings. The lowest BCUT2D eigenvalue weighted by Crippen LogP contribution is -2.13. The molecule has 3 saturated carbocycles. The molecule has 0 heterocycles. The molecule has 3 aliphatic rings. The molecule has 0 N–H and O–H groups in total. The van der Waals surface area contributed by atoms with Crippen LogP contribution in [0.5, 0.6) is 0 Å². The predicted molar refractivity (Wildman–Crippen MR) is 61.3 cm³/mol. The summed E-state index contributed by atoms with van der Waals surface area (Å²) in [6.45, 7) is 4.30. The van der Waals surface area contributed by atoms with Crippen LogP contribution < -0.4 is 0 Å². The molecule has 80 valence electrons. The van der Waals surface area contributed by atoms with E-state index >= 15 is 0 Å². The molecular weight excluding hydrogens is 262 g/mol. The first-order valence-electron chi connectivity index (χ1n) is 4.93. The molecule has 0 spiro atoms. The van der Waals surface area contributed by atoms with E-state index < -0.39 is 8.67 Å². The Balaban J connectivity index is 1.93. The number of hydrogen-bond acceptors (Lipinski definition) is 0. The lowest BCUT2D eigenvalue weighted by molar-refractivity contribution is 0.283. The molecule has 0 aromatic carbocycles. The molecule has 0 saturated heterocycles. The third-order valence-corrected chi connectivity index (χ3v) is 7.81. The Labute approximate surface area is 104 Å². The second kappa shape index (κ2) is 2.23. The highest BCUT2D eigenvalue weighted by atomic mass is 35.5. The Kier molecular flexibility index (Phi) is 1.64. The van der Waals surface area contributed by atoms with Crippen molar-refractivity contribution in [1.82, 2.24) is 0 Å². The fourth-order valence-electron chi connectivity index (χ4n) is 3.46. The van der Waals surface area contributed by atoms with E-state index in [0.29, 0.717) is 11.8 Å². The predicted octanol–water partition coefficient (Wildman–Crippen LogP) is 4.40. The van der Waals surface area contributed by atoms with Crippen molar-refractivity contribution < 1.29 is 0 Å². The van der Waals surface area contributed by atoms with Gasteiger partial charge in [-0.2, -0.15) is 0 Å². The van der Waals surface area contributed by atoms with E-state index in [9.17, 15) is 0 Å². The van der Waals surface area contributed by atoms with Gasteiger partial charge in [-0.25, -0.2) is 0 Å². The maximum atomic E-state index is 6.27. The van der Waals surface area contributed by atoms with Gasteiger partial charge in [0.05, 0.1) is 0 Å². The van der Waals surface area contributed by atoms with Crippen molar-refractivity contribution in [2.24, 2.45) is 22.7 Å². The summed E-state index contributed by atoms with van der Waals surface area (Å²) in [4.78, 5) is 0. The Morgan fingerprint density at radius 1 is 0.786 bits per heavy atom. The third kappa shape index (κ3) is 0.805. The average Bonchev–Trinajstić information content (AvgIpc) is 2.65. The maximum absolute atomic E-state index is 6.27. The minimum atomic E-state index is -0.534. The van der Waals surface area contributed by atoms with E-state index in [1.165, 1.54) is 0 Å². The molecule has 4 atom stereocenters. The van der Waals surface area contributed by atoms with Crippen molar-refractivity contribution in [2.75, 3.05) is 0 Å². The van der Waals surface area contributed by atoms with Crippen LogP contribution >= 0.6 is 46.4 Å². The van der Waals surface area contributed by atoms with Crippen LogP contribution in [0.2, 0.25) is 0 Å². The highest BCUT2D eigenvalue weighted by Crippen LogP contribution is 2.87. The Morgan fingerprint density at radius 2 is 1.07 bits per heavy atom. The van der Waals surface area contributed by atoms with E-state index in [1.807, 2.05) is 0 Å². The first-order chi connectivity index (χ1) is 6.18. The summed E-state index contributed by atoms with van der Waals surface area (Å²) in [6, 6.07) is 0. The van der Waals surface area contributed by atoms with Crippen molar-refractivity contribution >= 4 is 46.4 Å². The van der Waals surface area contributed by atoms with Crippen molar-refractivity contribution in [3.05, 3.63) is 0 Å². The van der Waals surface area contributed by atoms with Crippen molar-refractivity contribution in [2.45, 2.75) is 35.4 Å². The topological polar surface area (TPSA) is 0 Å². The van der Waals surface area contributed by atoms with E-state index in [1.54, 1.807) is 0 Å². The second-order valence-corrected chi connectivity index (χ2v) is 8.37. The average molecular weight is 274 g/mol. The monoisotopic (exact) mass is 272 g/mol. The lowest BCUT2D eigenvalue weighted by atomic mass is 9.84. The van der Waals surface area contributed by atoms with E-state index in [2.05, 4.69) is 13.8 Å². The van der Waals surface area contributed by atoms with E-state index in [0.717, 1.165) is 12.8 Å². The molecule has 4 heteroatoms. The fourth-order valence-corrected chi connectivity index (χ4v) is 5.35. The molecule has 3 fully saturated rings. The fraction of sp³-hybridized carbons (Fsp3) is 1.00. The van der Waals surface area contributed by atoms with Crippen LogP contribution in [-0.4, -0.2) is 8.67 Å². The van der Waals surface area contributed by atoms with Gasteiger partial charge in [0.2, 0.25) is 0 Å². The van der Waals surface area contributed by atoms with Crippen molar-refractivity contribution in [3.63, 3.8) is 0 Å². The van der Waals surface area contributed by atoms with Crippen molar-refractivity contribution in [1.29, 1.82) is 0 Å². The number of hydrogen-bond donors (Lipinski definition) is 0. The standard InChI is InChI=1S/C10H12Cl4/c1-7-3-6-8(2,10(6,13)14)4-5(7)9(7,11)12/h5-6H,3-4H2,1-2H3/t5-,6+,7-,8-/m0/s1. The van der Waals surface area contributed by atoms with Gasteiger partial charge in [0.1, 0.15) is 8.67 Å². The van der Waals surface area contributed by atoms with Crippen LogP contribution in [0.4, 0.5) is 0 Å². The van der Waals surface area contributed by atoms with Crippen molar-refractivity contribution in [3.8, 4) is 0 Å². The Hall–Kier alpha value is 1.16. The Bertz CT molecular complexity index is 292. The summed E-state index contributed by atoms with van der Waals surface area (Å²) >= 11 is 25.1. The Morgan fingerprint density at radius 3 is 1.36 bits per heavy atom. The zero-order valence-electron chi connectivity index (χ0n) is 8.08. The van der Waals surface area contributed by atoms with Gasteiger partial charge in [-0.1, -0.05) is 13.8 Å². The molecule has 0 amide bonds. The van der Waals surface area contributed by atoms with Gasteiger partial charge in [0, 0.05) is 22.7 Å². The first kappa shape index (κ1) is 10.3. The molecule has 0 radical (unpaired) electrons. The lowest BCUT2D eigenvalue weighted by Gasteiger charge is -2.19. The number of rotatable bonds is 0. The van der Waals surface area contributed by atoms with Crippen LogP contribution in [-0.2, 0) is 0 Å². The number of fused-ring (bicyclic) bond motifs is 2. The van der Waals surface area contributed by atoms with Crippen LogP contribution in [0.1, 0.15) is 26.7 Å². The van der Waals surface area contributed by atoms with Gasteiger partial charge in [0.15, 0.2) is 0 Å². The maximum Gasteiger partial charge on any atom is 0.127 e. The molecule has 0 aliphatic heterocycles. The largest absolute Gasteiger partial charge is 0.127 e. The molecule has 0 nitrogen and oxygen atoms in total. The summed E-state index contributed by atoms with van der Waals surface area (Å²) in [5, 5.41) is 0. The molecule has 3 aliphatic carbocycles. The van der Waals surface area contributed by atoms with Crippen LogP contribution in [0, 0.1) is 22.7 Å². The molecule has 14 heavy (non-hydrogen) atoms.